The van der Waals surface area contributed by atoms with Gasteiger partial charge in [0.15, 0.2) is 16.6 Å². The lowest BCUT2D eigenvalue weighted by Crippen LogP contribution is -2.61. The number of nitrogens with zero attached hydrogens (tertiary/aromatic N) is 1. The molecule has 43 heavy (non-hydrogen) atoms. The molecule has 232 valence electrons. The van der Waals surface area contributed by atoms with E-state index in [1.165, 1.54) is 23.8 Å². The number of H-pyrrole nitrogens is 1. The summed E-state index contributed by atoms with van der Waals surface area (Å²) in [6.07, 6.45) is -0.602. The van der Waals surface area contributed by atoms with Crippen molar-refractivity contribution >= 4 is 31.4 Å². The quantitative estimate of drug-likeness (QED) is 0.222. The molecule has 10 nitrogen and oxygen atoms in total. The summed E-state index contributed by atoms with van der Waals surface area (Å²) in [5.74, 6) is -0.472. The molecule has 0 bridgehead atoms. The van der Waals surface area contributed by atoms with Crippen LogP contribution in [0, 0.1) is 0 Å². The highest BCUT2D eigenvalue weighted by molar-refractivity contribution is 6.86. The molecule has 2 aromatic carbocycles. The number of ether oxygens (including phenoxy) is 2. The van der Waals surface area contributed by atoms with E-state index in [0.29, 0.717) is 0 Å². The fourth-order valence-corrected chi connectivity index (χ4v) is 15.8. The summed E-state index contributed by atoms with van der Waals surface area (Å²) < 4.78 is 34.4. The van der Waals surface area contributed by atoms with Crippen molar-refractivity contribution in [1.29, 1.82) is 0 Å². The van der Waals surface area contributed by atoms with Gasteiger partial charge in [-0.15, -0.1) is 0 Å². The van der Waals surface area contributed by atoms with Crippen LogP contribution in [0.3, 0.4) is 0 Å². The monoisotopic (exact) mass is 642 g/mol. The molecule has 1 saturated heterocycles. The highest BCUT2D eigenvalue weighted by Crippen LogP contribution is 2.41. The van der Waals surface area contributed by atoms with Crippen LogP contribution in [0.2, 0.25) is 39.3 Å². The van der Waals surface area contributed by atoms with E-state index < -0.39 is 61.1 Å². The van der Waals surface area contributed by atoms with Gasteiger partial charge in [0.1, 0.15) is 18.4 Å². The first kappa shape index (κ1) is 33.0. The standard InChI is InChI=1S/C30H42N2O8Si3/c1-22(33)37-25-20-28(32-19-18-27(34)31-30(32)35)38-26(25)21-36-43(39-41(2,3)4,40-42(5,6)7)29(23-14-10-8-11-15-23)24-16-12-9-13-17-24/h8-19,25-26,28-29H,20-21H2,1-7H3,(H,31,34,35)/t25-,26-,28-/m1/s1. The molecule has 1 aromatic heterocycles. The molecule has 0 amide bonds. The van der Waals surface area contributed by atoms with Gasteiger partial charge < -0.3 is 22.1 Å². The van der Waals surface area contributed by atoms with Gasteiger partial charge in [0.05, 0.1) is 12.1 Å². The van der Waals surface area contributed by atoms with Crippen molar-refractivity contribution in [2.24, 2.45) is 0 Å². The van der Waals surface area contributed by atoms with Crippen LogP contribution < -0.4 is 11.2 Å². The van der Waals surface area contributed by atoms with Crippen LogP contribution in [0.25, 0.3) is 0 Å². The number of benzene rings is 2. The highest BCUT2D eigenvalue weighted by atomic mass is 28.5. The van der Waals surface area contributed by atoms with Gasteiger partial charge in [-0.3, -0.25) is 19.1 Å². The minimum Gasteiger partial charge on any atom is -0.460 e. The number of hydrogen-bond acceptors (Lipinski definition) is 8. The third-order valence-electron chi connectivity index (χ3n) is 6.62. The summed E-state index contributed by atoms with van der Waals surface area (Å²) in [6, 6.07) is 21.5. The molecule has 0 radical (unpaired) electrons. The fraction of sp³-hybridized carbons (Fsp3) is 0.433. The Morgan fingerprint density at radius 1 is 0.907 bits per heavy atom. The molecule has 1 aliphatic heterocycles. The molecule has 0 unspecified atom stereocenters. The van der Waals surface area contributed by atoms with Gasteiger partial charge in [0.25, 0.3) is 5.56 Å². The Balaban J connectivity index is 1.79. The van der Waals surface area contributed by atoms with E-state index >= 15 is 0 Å². The molecule has 0 aliphatic carbocycles. The average molecular weight is 643 g/mol. The number of aromatic nitrogens is 2. The fourth-order valence-electron chi connectivity index (χ4n) is 5.24. The lowest BCUT2D eigenvalue weighted by molar-refractivity contribution is -0.150. The summed E-state index contributed by atoms with van der Waals surface area (Å²) in [5.41, 5.74) is 0.574. The van der Waals surface area contributed by atoms with E-state index in [9.17, 15) is 14.4 Å². The lowest BCUT2D eigenvalue weighted by atomic mass is 10.0. The Morgan fingerprint density at radius 3 is 1.91 bits per heavy atom. The number of carbonyl (C=O) groups is 1. The first-order valence-corrected chi connectivity index (χ1v) is 23.1. The predicted molar refractivity (Wildman–Crippen MR) is 171 cm³/mol. The second-order valence-electron chi connectivity index (χ2n) is 12.6. The summed E-state index contributed by atoms with van der Waals surface area (Å²) in [5, 5.41) is 0. The van der Waals surface area contributed by atoms with E-state index in [1.807, 2.05) is 36.4 Å². The SMILES string of the molecule is CC(=O)O[C@@H]1C[C@H](n2ccc(=O)[nH]c2=O)O[C@@H]1CO[Si](O[Si](C)(C)C)(O[Si](C)(C)C)C(c1ccccc1)c1ccccc1. The maximum atomic E-state index is 12.6. The Hall–Kier alpha value is -2.92. The molecule has 1 N–H and O–H groups in total. The summed E-state index contributed by atoms with van der Waals surface area (Å²) in [7, 11) is -8.23. The number of esters is 1. The highest BCUT2D eigenvalue weighted by Gasteiger charge is 2.56. The van der Waals surface area contributed by atoms with Crippen molar-refractivity contribution in [1.82, 2.24) is 9.55 Å². The molecule has 0 spiro atoms. The van der Waals surface area contributed by atoms with Crippen molar-refractivity contribution < 1.29 is 26.9 Å². The summed E-state index contributed by atoms with van der Waals surface area (Å²) >= 11 is 0. The Morgan fingerprint density at radius 2 is 1.44 bits per heavy atom. The van der Waals surface area contributed by atoms with Crippen LogP contribution in [0.4, 0.5) is 0 Å². The maximum Gasteiger partial charge on any atom is 0.492 e. The number of nitrogens with one attached hydrogen (secondary N) is 1. The van der Waals surface area contributed by atoms with Crippen molar-refractivity contribution in [2.75, 3.05) is 6.61 Å². The van der Waals surface area contributed by atoms with Gasteiger partial charge in [0, 0.05) is 25.6 Å². The number of hydrogen-bond donors (Lipinski definition) is 1. The third-order valence-corrected chi connectivity index (χ3v) is 15.7. The van der Waals surface area contributed by atoms with Crippen molar-refractivity contribution in [3.8, 4) is 0 Å². The first-order chi connectivity index (χ1) is 20.2. The second kappa shape index (κ2) is 13.4. The molecular weight excluding hydrogens is 601 g/mol. The lowest BCUT2D eigenvalue weighted by Gasteiger charge is -2.44. The minimum atomic E-state index is -3.65. The van der Waals surface area contributed by atoms with Crippen LogP contribution in [0.15, 0.2) is 82.5 Å². The zero-order valence-electron chi connectivity index (χ0n) is 25.9. The zero-order chi connectivity index (χ0) is 31.4. The number of aromatic amines is 1. The Bertz CT molecular complexity index is 1430. The van der Waals surface area contributed by atoms with E-state index in [-0.39, 0.29) is 18.6 Å². The van der Waals surface area contributed by atoms with Crippen LogP contribution in [0.1, 0.15) is 36.2 Å². The zero-order valence-corrected chi connectivity index (χ0v) is 28.9. The molecule has 3 atom stereocenters. The van der Waals surface area contributed by atoms with Gasteiger partial charge in [-0.1, -0.05) is 60.7 Å². The van der Waals surface area contributed by atoms with Crippen molar-refractivity contribution in [2.45, 2.75) is 76.6 Å². The minimum absolute atomic E-state index is 0.00387. The van der Waals surface area contributed by atoms with E-state index in [2.05, 4.69) is 68.5 Å². The van der Waals surface area contributed by atoms with Crippen LogP contribution in [-0.4, -0.2) is 59.8 Å². The molecule has 3 aromatic rings. The number of rotatable bonds is 12. The third kappa shape index (κ3) is 8.81. The molecule has 4 rings (SSSR count). The van der Waals surface area contributed by atoms with Gasteiger partial charge in [0.2, 0.25) is 0 Å². The molecular formula is C30H42N2O8Si3. The molecule has 1 fully saturated rings. The molecule has 2 heterocycles. The van der Waals surface area contributed by atoms with Crippen LogP contribution in [0.5, 0.6) is 0 Å². The number of carbonyl (C=O) groups excluding carboxylic acids is 1. The predicted octanol–water partition coefficient (Wildman–Crippen LogP) is 4.79. The van der Waals surface area contributed by atoms with E-state index in [0.717, 1.165) is 11.1 Å². The summed E-state index contributed by atoms with van der Waals surface area (Å²) in [6.45, 7) is 14.0. The largest absolute Gasteiger partial charge is 0.492 e. The smallest absolute Gasteiger partial charge is 0.460 e. The van der Waals surface area contributed by atoms with Gasteiger partial charge in [-0.05, 0) is 50.4 Å². The molecule has 13 heteroatoms. The Kier molecular flexibility index (Phi) is 10.3. The first-order valence-electron chi connectivity index (χ1n) is 14.4. The maximum absolute atomic E-state index is 12.6. The van der Waals surface area contributed by atoms with Gasteiger partial charge in [-0.25, -0.2) is 4.79 Å². The normalized spacial score (nSPS) is 19.5. The van der Waals surface area contributed by atoms with Crippen molar-refractivity contribution in [3.63, 3.8) is 0 Å². The van der Waals surface area contributed by atoms with Crippen molar-refractivity contribution in [3.05, 3.63) is 105 Å². The summed E-state index contributed by atoms with van der Waals surface area (Å²) in [4.78, 5) is 38.6. The van der Waals surface area contributed by atoms with E-state index in [4.69, 9.17) is 22.1 Å². The average Bonchev–Trinajstić information content (AvgIpc) is 3.28. The Labute approximate surface area is 255 Å². The second-order valence-corrected chi connectivity index (χ2v) is 24.8. The van der Waals surface area contributed by atoms with Crippen LogP contribution in [-0.2, 0) is 26.9 Å². The van der Waals surface area contributed by atoms with Crippen LogP contribution >= 0.6 is 0 Å². The molecule has 0 saturated carbocycles. The van der Waals surface area contributed by atoms with E-state index in [1.54, 1.807) is 0 Å². The van der Waals surface area contributed by atoms with Gasteiger partial charge >= 0.3 is 20.5 Å². The van der Waals surface area contributed by atoms with Gasteiger partial charge in [-0.2, -0.15) is 0 Å². The topological polar surface area (TPSA) is 118 Å². The molecule has 1 aliphatic rings.